The van der Waals surface area contributed by atoms with Crippen LogP contribution in [-0.4, -0.2) is 22.1 Å². The maximum absolute atomic E-state index is 12.6. The molecule has 2 heterocycles. The van der Waals surface area contributed by atoms with Crippen LogP contribution in [0.4, 0.5) is 18.9 Å². The van der Waals surface area contributed by atoms with Gasteiger partial charge >= 0.3 is 6.18 Å². The van der Waals surface area contributed by atoms with Crippen molar-refractivity contribution < 1.29 is 18.0 Å². The van der Waals surface area contributed by atoms with Crippen molar-refractivity contribution in [3.8, 4) is 0 Å². The van der Waals surface area contributed by atoms with Crippen LogP contribution in [0.25, 0.3) is 0 Å². The number of aromatic nitrogens is 2. The lowest BCUT2D eigenvalue weighted by atomic mass is 10.2. The van der Waals surface area contributed by atoms with Gasteiger partial charge in [0.25, 0.3) is 5.91 Å². The van der Waals surface area contributed by atoms with Crippen LogP contribution in [0.15, 0.2) is 30.5 Å². The van der Waals surface area contributed by atoms with E-state index in [0.29, 0.717) is 5.75 Å². The summed E-state index contributed by atoms with van der Waals surface area (Å²) in [5.74, 6) is 0.139. The Morgan fingerprint density at radius 2 is 2.04 bits per heavy atom. The van der Waals surface area contributed by atoms with Crippen LogP contribution in [0.5, 0.6) is 0 Å². The smallest absolute Gasteiger partial charge is 0.319 e. The predicted molar refractivity (Wildman–Crippen MR) is 83.4 cm³/mol. The summed E-state index contributed by atoms with van der Waals surface area (Å²) in [6, 6.07) is 5.55. The van der Waals surface area contributed by atoms with Gasteiger partial charge in [0, 0.05) is 11.9 Å². The van der Waals surface area contributed by atoms with Gasteiger partial charge in [0.05, 0.1) is 11.4 Å². The summed E-state index contributed by atoms with van der Waals surface area (Å²) in [6.07, 6.45) is -1.12. The number of pyridine rings is 2. The second-order valence-corrected chi connectivity index (χ2v) is 5.59. The first-order chi connectivity index (χ1) is 10.8. The summed E-state index contributed by atoms with van der Waals surface area (Å²) in [4.78, 5) is 19.9. The van der Waals surface area contributed by atoms with E-state index >= 15 is 0 Å². The predicted octanol–water partition coefficient (Wildman–Crippen LogP) is 3.92. The number of hydrogen-bond donors (Lipinski definition) is 1. The Morgan fingerprint density at radius 1 is 1.30 bits per heavy atom. The quantitative estimate of drug-likeness (QED) is 0.916. The largest absolute Gasteiger partial charge is 0.433 e. The molecule has 2 rings (SSSR count). The molecule has 0 spiro atoms. The Morgan fingerprint density at radius 3 is 2.65 bits per heavy atom. The van der Waals surface area contributed by atoms with Gasteiger partial charge < -0.3 is 5.32 Å². The van der Waals surface area contributed by atoms with Crippen molar-refractivity contribution >= 4 is 23.4 Å². The molecule has 8 heteroatoms. The van der Waals surface area contributed by atoms with Crippen molar-refractivity contribution in [3.05, 3.63) is 53.1 Å². The van der Waals surface area contributed by atoms with E-state index in [-0.39, 0.29) is 17.1 Å². The van der Waals surface area contributed by atoms with Crippen molar-refractivity contribution in [1.82, 2.24) is 9.97 Å². The number of anilines is 1. The first kappa shape index (κ1) is 17.3. The molecule has 23 heavy (non-hydrogen) atoms. The third-order valence-corrected chi connectivity index (χ3v) is 3.63. The number of rotatable bonds is 4. The monoisotopic (exact) mass is 341 g/mol. The van der Waals surface area contributed by atoms with Gasteiger partial charge in [0.1, 0.15) is 11.4 Å². The highest BCUT2D eigenvalue weighted by atomic mass is 32.2. The van der Waals surface area contributed by atoms with Gasteiger partial charge in [-0.2, -0.15) is 24.9 Å². The zero-order valence-corrected chi connectivity index (χ0v) is 13.3. The Kier molecular flexibility index (Phi) is 5.25. The molecule has 122 valence electrons. The molecule has 0 atom stereocenters. The molecule has 0 aliphatic heterocycles. The van der Waals surface area contributed by atoms with Crippen LogP contribution in [0, 0.1) is 6.92 Å². The zero-order valence-electron chi connectivity index (χ0n) is 12.4. The minimum Gasteiger partial charge on any atom is -0.319 e. The van der Waals surface area contributed by atoms with Crippen LogP contribution < -0.4 is 5.32 Å². The highest BCUT2D eigenvalue weighted by Crippen LogP contribution is 2.29. The molecule has 0 fully saturated rings. The van der Waals surface area contributed by atoms with E-state index in [1.807, 2.05) is 6.26 Å². The lowest BCUT2D eigenvalue weighted by molar-refractivity contribution is -0.141. The van der Waals surface area contributed by atoms with E-state index in [9.17, 15) is 18.0 Å². The van der Waals surface area contributed by atoms with Gasteiger partial charge in [-0.3, -0.25) is 9.78 Å². The maximum Gasteiger partial charge on any atom is 0.433 e. The van der Waals surface area contributed by atoms with Gasteiger partial charge in [-0.15, -0.1) is 0 Å². The Hall–Kier alpha value is -2.09. The average Bonchev–Trinajstić information content (AvgIpc) is 2.49. The van der Waals surface area contributed by atoms with Gasteiger partial charge in [-0.05, 0) is 36.9 Å². The zero-order chi connectivity index (χ0) is 17.0. The minimum absolute atomic E-state index is 0.0931. The fraction of sp³-hybridized carbons (Fsp3) is 0.267. The van der Waals surface area contributed by atoms with Crippen molar-refractivity contribution in [2.24, 2.45) is 0 Å². The summed E-state index contributed by atoms with van der Waals surface area (Å²) in [5, 5.41) is 2.56. The molecule has 0 saturated heterocycles. The first-order valence-electron chi connectivity index (χ1n) is 6.62. The molecule has 0 radical (unpaired) electrons. The number of halogens is 3. The number of hydrogen-bond acceptors (Lipinski definition) is 4. The van der Waals surface area contributed by atoms with Crippen LogP contribution in [-0.2, 0) is 11.9 Å². The lowest BCUT2D eigenvalue weighted by Gasteiger charge is -2.12. The maximum atomic E-state index is 12.6. The second-order valence-electron chi connectivity index (χ2n) is 4.73. The Balaban J connectivity index is 2.24. The standard InChI is InChI=1S/C15H14F3N3OS/c1-9-11(5-6-12(20-9)15(16,17)18)21-14(22)13-10(8-23-2)4-3-7-19-13/h3-7H,8H2,1-2H3,(H,21,22). The number of carbonyl (C=O) groups excluding carboxylic acids is 1. The van der Waals surface area contributed by atoms with E-state index in [1.54, 1.807) is 23.9 Å². The van der Waals surface area contributed by atoms with Crippen LogP contribution in [0.1, 0.15) is 27.4 Å². The summed E-state index contributed by atoms with van der Waals surface area (Å²) >= 11 is 1.54. The number of aryl methyl sites for hydroxylation is 1. The number of nitrogens with zero attached hydrogens (tertiary/aromatic N) is 2. The van der Waals surface area contributed by atoms with Gasteiger partial charge in [0.2, 0.25) is 0 Å². The molecule has 4 nitrogen and oxygen atoms in total. The number of amides is 1. The number of alkyl halides is 3. The van der Waals surface area contributed by atoms with Crippen molar-refractivity contribution in [2.75, 3.05) is 11.6 Å². The van der Waals surface area contributed by atoms with E-state index in [2.05, 4.69) is 15.3 Å². The number of thioether (sulfide) groups is 1. The molecule has 0 aliphatic carbocycles. The summed E-state index contributed by atoms with van der Waals surface area (Å²) < 4.78 is 37.8. The first-order valence-corrected chi connectivity index (χ1v) is 8.01. The molecule has 0 unspecified atom stereocenters. The third kappa shape index (κ3) is 4.22. The summed E-state index contributed by atoms with van der Waals surface area (Å²) in [5.41, 5.74) is 0.337. The van der Waals surface area contributed by atoms with Crippen LogP contribution in [0.2, 0.25) is 0 Å². The minimum atomic E-state index is -4.51. The van der Waals surface area contributed by atoms with Gasteiger partial charge in [-0.1, -0.05) is 6.07 Å². The van der Waals surface area contributed by atoms with E-state index < -0.39 is 17.8 Å². The summed E-state index contributed by atoms with van der Waals surface area (Å²) in [6.45, 7) is 1.41. The van der Waals surface area contributed by atoms with Gasteiger partial charge in [-0.25, -0.2) is 4.98 Å². The highest BCUT2D eigenvalue weighted by molar-refractivity contribution is 7.97. The molecule has 1 N–H and O–H groups in total. The Labute approximate surface area is 135 Å². The third-order valence-electron chi connectivity index (χ3n) is 3.03. The molecule has 0 bridgehead atoms. The van der Waals surface area contributed by atoms with Crippen molar-refractivity contribution in [2.45, 2.75) is 18.9 Å². The number of carbonyl (C=O) groups is 1. The summed E-state index contributed by atoms with van der Waals surface area (Å²) in [7, 11) is 0. The fourth-order valence-electron chi connectivity index (χ4n) is 1.95. The fourth-order valence-corrected chi connectivity index (χ4v) is 2.49. The molecule has 0 aliphatic rings. The molecule has 2 aromatic rings. The second kappa shape index (κ2) is 6.99. The number of nitrogens with one attached hydrogen (secondary N) is 1. The van der Waals surface area contributed by atoms with Crippen molar-refractivity contribution in [1.29, 1.82) is 0 Å². The molecule has 1 amide bonds. The molecular weight excluding hydrogens is 327 g/mol. The highest BCUT2D eigenvalue weighted by Gasteiger charge is 2.32. The molecule has 0 saturated carbocycles. The van der Waals surface area contributed by atoms with E-state index in [1.165, 1.54) is 19.2 Å². The topological polar surface area (TPSA) is 54.9 Å². The van der Waals surface area contributed by atoms with E-state index in [4.69, 9.17) is 0 Å². The lowest BCUT2D eigenvalue weighted by Crippen LogP contribution is -2.17. The normalized spacial score (nSPS) is 11.3. The Bertz CT molecular complexity index is 719. The van der Waals surface area contributed by atoms with Crippen molar-refractivity contribution in [3.63, 3.8) is 0 Å². The molecular formula is C15H14F3N3OS. The molecule has 2 aromatic heterocycles. The molecule has 0 aromatic carbocycles. The van der Waals surface area contributed by atoms with Gasteiger partial charge in [0.15, 0.2) is 0 Å². The average molecular weight is 341 g/mol. The van der Waals surface area contributed by atoms with Crippen LogP contribution >= 0.6 is 11.8 Å². The van der Waals surface area contributed by atoms with Crippen LogP contribution in [0.3, 0.4) is 0 Å². The van der Waals surface area contributed by atoms with E-state index in [0.717, 1.165) is 11.6 Å². The SMILES string of the molecule is CSCc1cccnc1C(=O)Nc1ccc(C(F)(F)F)nc1C.